The summed E-state index contributed by atoms with van der Waals surface area (Å²) < 4.78 is 2.32. The maximum atomic E-state index is 12.7. The van der Waals surface area contributed by atoms with E-state index in [1.54, 1.807) is 11.8 Å². The lowest BCUT2D eigenvalue weighted by molar-refractivity contribution is -0.127. The molecule has 7 heteroatoms. The fourth-order valence-corrected chi connectivity index (χ4v) is 5.03. The van der Waals surface area contributed by atoms with E-state index in [-0.39, 0.29) is 11.8 Å². The van der Waals surface area contributed by atoms with Crippen LogP contribution in [0, 0.1) is 0 Å². The number of para-hydroxylation sites is 1. The number of benzene rings is 2. The van der Waals surface area contributed by atoms with Crippen LogP contribution in [-0.2, 0) is 16.1 Å². The van der Waals surface area contributed by atoms with Gasteiger partial charge in [0.1, 0.15) is 6.04 Å². The van der Waals surface area contributed by atoms with Gasteiger partial charge in [0.2, 0.25) is 11.8 Å². The summed E-state index contributed by atoms with van der Waals surface area (Å²) in [5.41, 5.74) is 2.45. The van der Waals surface area contributed by atoms with E-state index >= 15 is 0 Å². The fourth-order valence-electron chi connectivity index (χ4n) is 4.07. The Kier molecular flexibility index (Phi) is 8.59. The largest absolute Gasteiger partial charge is 0.353 e. The first-order valence-corrected chi connectivity index (χ1v) is 12.4. The number of likely N-dealkylation sites (N-methyl/N-ethyl adjacent to an activating group) is 1. The monoisotopic (exact) mass is 454 g/mol. The van der Waals surface area contributed by atoms with Gasteiger partial charge < -0.3 is 20.1 Å². The molecule has 0 radical (unpaired) electrons. The van der Waals surface area contributed by atoms with E-state index in [1.807, 2.05) is 0 Å². The molecule has 0 aliphatic carbocycles. The minimum atomic E-state index is -0.568. The second-order valence-electron chi connectivity index (χ2n) is 7.82. The van der Waals surface area contributed by atoms with Gasteiger partial charge in [-0.25, -0.2) is 0 Å². The predicted molar refractivity (Wildman–Crippen MR) is 134 cm³/mol. The van der Waals surface area contributed by atoms with Crippen molar-refractivity contribution in [1.29, 1.82) is 0 Å². The predicted octanol–water partition coefficient (Wildman–Crippen LogP) is 3.87. The van der Waals surface area contributed by atoms with Crippen LogP contribution >= 0.6 is 11.8 Å². The maximum Gasteiger partial charge on any atom is 0.243 e. The zero-order valence-electron chi connectivity index (χ0n) is 19.5. The Morgan fingerprint density at radius 2 is 1.75 bits per heavy atom. The van der Waals surface area contributed by atoms with Crippen molar-refractivity contribution in [3.8, 4) is 0 Å². The molecular formula is C25H34N4O2S. The van der Waals surface area contributed by atoms with E-state index in [0.717, 1.165) is 31.1 Å². The van der Waals surface area contributed by atoms with Gasteiger partial charge in [-0.1, -0.05) is 32.0 Å². The number of rotatable bonds is 11. The molecule has 1 aromatic heterocycles. The summed E-state index contributed by atoms with van der Waals surface area (Å²) in [6, 6.07) is 14.3. The molecule has 1 atom stereocenters. The minimum absolute atomic E-state index is 0.136. The molecule has 3 aromatic rings. The molecule has 2 amide bonds. The van der Waals surface area contributed by atoms with Crippen molar-refractivity contribution in [3.05, 3.63) is 42.5 Å². The molecule has 3 rings (SSSR count). The third-order valence-electron chi connectivity index (χ3n) is 5.79. The number of aryl methyl sites for hydroxylation is 1. The average molecular weight is 455 g/mol. The van der Waals surface area contributed by atoms with Gasteiger partial charge in [0.25, 0.3) is 0 Å². The molecule has 172 valence electrons. The number of nitrogens with one attached hydrogen (secondary N) is 2. The van der Waals surface area contributed by atoms with E-state index in [9.17, 15) is 9.59 Å². The van der Waals surface area contributed by atoms with Crippen molar-refractivity contribution in [1.82, 2.24) is 20.1 Å². The summed E-state index contributed by atoms with van der Waals surface area (Å²) in [7, 11) is 0. The van der Waals surface area contributed by atoms with Crippen LogP contribution in [0.5, 0.6) is 0 Å². The summed E-state index contributed by atoms with van der Waals surface area (Å²) in [6.45, 7) is 12.0. The fraction of sp³-hybridized carbons (Fsp3) is 0.440. The first-order valence-electron chi connectivity index (χ1n) is 11.4. The van der Waals surface area contributed by atoms with E-state index in [0.29, 0.717) is 12.3 Å². The highest BCUT2D eigenvalue weighted by molar-refractivity contribution is 7.99. The lowest BCUT2D eigenvalue weighted by atomic mass is 10.1. The highest BCUT2D eigenvalue weighted by Gasteiger charge is 2.20. The van der Waals surface area contributed by atoms with Crippen LogP contribution in [0.1, 0.15) is 27.7 Å². The molecule has 0 saturated carbocycles. The number of hydrogen-bond acceptors (Lipinski definition) is 4. The van der Waals surface area contributed by atoms with Crippen molar-refractivity contribution in [2.45, 2.75) is 45.2 Å². The molecule has 0 fully saturated rings. The van der Waals surface area contributed by atoms with Crippen molar-refractivity contribution < 1.29 is 9.59 Å². The second kappa shape index (κ2) is 11.4. The van der Waals surface area contributed by atoms with Gasteiger partial charge in [-0.3, -0.25) is 9.59 Å². The van der Waals surface area contributed by atoms with Gasteiger partial charge in [0.15, 0.2) is 0 Å². The van der Waals surface area contributed by atoms with Gasteiger partial charge in [-0.2, -0.15) is 0 Å². The van der Waals surface area contributed by atoms with Crippen molar-refractivity contribution >= 4 is 45.4 Å². The molecule has 32 heavy (non-hydrogen) atoms. The summed E-state index contributed by atoms with van der Waals surface area (Å²) >= 11 is 1.59. The van der Waals surface area contributed by atoms with Crippen molar-refractivity contribution in [2.24, 2.45) is 0 Å². The Hall–Kier alpha value is -2.51. The SMILES string of the molecule is CCN(CC)CCNC(=O)C(CSc1ccc2c(c1)c1ccccc1n2CC)NC(C)=O. The summed E-state index contributed by atoms with van der Waals surface area (Å²) in [6.07, 6.45) is 0. The van der Waals surface area contributed by atoms with Gasteiger partial charge >= 0.3 is 0 Å². The van der Waals surface area contributed by atoms with Crippen LogP contribution in [-0.4, -0.2) is 59.3 Å². The molecule has 1 unspecified atom stereocenters. The van der Waals surface area contributed by atoms with Gasteiger partial charge in [-0.15, -0.1) is 11.8 Å². The highest BCUT2D eigenvalue weighted by atomic mass is 32.2. The quantitative estimate of drug-likeness (QED) is 0.432. The summed E-state index contributed by atoms with van der Waals surface area (Å²) in [5.74, 6) is 0.147. The van der Waals surface area contributed by atoms with Crippen LogP contribution in [0.25, 0.3) is 21.8 Å². The maximum absolute atomic E-state index is 12.7. The van der Waals surface area contributed by atoms with Crippen LogP contribution in [0.3, 0.4) is 0 Å². The Labute approximate surface area is 194 Å². The Bertz CT molecular complexity index is 1070. The molecule has 0 aliphatic rings. The molecule has 0 aliphatic heterocycles. The Morgan fingerprint density at radius 1 is 1.03 bits per heavy atom. The smallest absolute Gasteiger partial charge is 0.243 e. The number of fused-ring (bicyclic) bond motifs is 3. The number of nitrogens with zero attached hydrogens (tertiary/aromatic N) is 2. The molecule has 0 saturated heterocycles. The number of amides is 2. The van der Waals surface area contributed by atoms with Crippen molar-refractivity contribution in [2.75, 3.05) is 31.9 Å². The third-order valence-corrected chi connectivity index (χ3v) is 6.88. The third kappa shape index (κ3) is 5.64. The van der Waals surface area contributed by atoms with E-state index in [2.05, 4.69) is 83.3 Å². The zero-order chi connectivity index (χ0) is 23.1. The lowest BCUT2D eigenvalue weighted by Crippen LogP contribution is -2.49. The van der Waals surface area contributed by atoms with Gasteiger partial charge in [0, 0.05) is 59.0 Å². The normalized spacial score (nSPS) is 12.4. The zero-order valence-corrected chi connectivity index (χ0v) is 20.3. The average Bonchev–Trinajstić information content (AvgIpc) is 3.12. The number of hydrogen-bond donors (Lipinski definition) is 2. The van der Waals surface area contributed by atoms with E-state index in [4.69, 9.17) is 0 Å². The highest BCUT2D eigenvalue weighted by Crippen LogP contribution is 2.32. The molecule has 0 bridgehead atoms. The summed E-state index contributed by atoms with van der Waals surface area (Å²) in [5, 5.41) is 8.23. The molecule has 0 spiro atoms. The van der Waals surface area contributed by atoms with Crippen LogP contribution in [0.4, 0.5) is 0 Å². The molecular weight excluding hydrogens is 420 g/mol. The van der Waals surface area contributed by atoms with E-state index < -0.39 is 6.04 Å². The number of carbonyl (C=O) groups excluding carboxylic acids is 2. The van der Waals surface area contributed by atoms with Crippen LogP contribution in [0.2, 0.25) is 0 Å². The van der Waals surface area contributed by atoms with Crippen molar-refractivity contribution in [3.63, 3.8) is 0 Å². The first-order chi connectivity index (χ1) is 15.5. The molecule has 6 nitrogen and oxygen atoms in total. The number of thioether (sulfide) groups is 1. The summed E-state index contributed by atoms with van der Waals surface area (Å²) in [4.78, 5) is 27.8. The Balaban J connectivity index is 1.72. The lowest BCUT2D eigenvalue weighted by Gasteiger charge is -2.20. The minimum Gasteiger partial charge on any atom is -0.353 e. The van der Waals surface area contributed by atoms with Gasteiger partial charge in [0.05, 0.1) is 0 Å². The van der Waals surface area contributed by atoms with E-state index in [1.165, 1.54) is 28.7 Å². The standard InChI is InChI=1S/C25H34N4O2S/c1-5-28(6-2)15-14-26-25(31)22(27-18(4)30)17-32-19-12-13-24-21(16-19)20-10-8-9-11-23(20)29(24)7-3/h8-13,16,22H,5-7,14-15,17H2,1-4H3,(H,26,31)(H,27,30). The molecule has 2 aromatic carbocycles. The number of aromatic nitrogens is 1. The van der Waals surface area contributed by atoms with Gasteiger partial charge in [-0.05, 0) is 44.3 Å². The molecule has 1 heterocycles. The topological polar surface area (TPSA) is 66.4 Å². The van der Waals surface area contributed by atoms with Crippen LogP contribution in [0.15, 0.2) is 47.4 Å². The number of carbonyl (C=O) groups is 2. The van der Waals surface area contributed by atoms with Crippen LogP contribution < -0.4 is 10.6 Å². The molecule has 2 N–H and O–H groups in total. The Morgan fingerprint density at radius 3 is 2.44 bits per heavy atom. The second-order valence-corrected chi connectivity index (χ2v) is 8.92. The first kappa shape index (κ1) is 24.1.